The van der Waals surface area contributed by atoms with Crippen LogP contribution in [0.2, 0.25) is 0 Å². The molecule has 2 amide bonds. The maximum Gasteiger partial charge on any atom is 0.262 e. The number of nitrogens with one attached hydrogen (secondary N) is 2. The van der Waals surface area contributed by atoms with E-state index in [1.807, 2.05) is 45.9 Å². The molecule has 2 N–H and O–H groups in total. The van der Waals surface area contributed by atoms with Gasteiger partial charge in [-0.2, -0.15) is 5.10 Å². The van der Waals surface area contributed by atoms with Gasteiger partial charge in [-0.3, -0.25) is 9.59 Å². The van der Waals surface area contributed by atoms with Gasteiger partial charge in [0.2, 0.25) is 0 Å². The van der Waals surface area contributed by atoms with Crippen LogP contribution in [0.15, 0.2) is 41.5 Å². The van der Waals surface area contributed by atoms with E-state index in [0.717, 1.165) is 11.1 Å². The molecule has 8 nitrogen and oxygen atoms in total. The molecule has 0 aliphatic rings. The highest BCUT2D eigenvalue weighted by Crippen LogP contribution is 2.23. The average Bonchev–Trinajstić information content (AvgIpc) is 2.78. The first-order valence-corrected chi connectivity index (χ1v) is 10.8. The van der Waals surface area contributed by atoms with Crippen LogP contribution in [0.3, 0.4) is 0 Å². The third-order valence-electron chi connectivity index (χ3n) is 4.93. The van der Waals surface area contributed by atoms with Crippen molar-refractivity contribution in [2.24, 2.45) is 11.0 Å². The fourth-order valence-electron chi connectivity index (χ4n) is 3.27. The van der Waals surface area contributed by atoms with Crippen LogP contribution >= 0.6 is 0 Å². The smallest absolute Gasteiger partial charge is 0.262 e. The molecule has 0 heterocycles. The summed E-state index contributed by atoms with van der Waals surface area (Å²) in [4.78, 5) is 25.2. The highest BCUT2D eigenvalue weighted by Gasteiger charge is 2.22. The number of hydrogen-bond acceptors (Lipinski definition) is 6. The van der Waals surface area contributed by atoms with Gasteiger partial charge < -0.3 is 19.5 Å². The third kappa shape index (κ3) is 7.82. The zero-order valence-corrected chi connectivity index (χ0v) is 20.1. The molecule has 178 valence electrons. The van der Waals surface area contributed by atoms with Crippen LogP contribution in [0.25, 0.3) is 0 Å². The lowest BCUT2D eigenvalue weighted by Crippen LogP contribution is -2.47. The minimum atomic E-state index is -0.742. The number of para-hydroxylation sites is 1. The molecule has 0 saturated heterocycles. The highest BCUT2D eigenvalue weighted by atomic mass is 16.5. The molecule has 8 heteroatoms. The largest absolute Gasteiger partial charge is 0.497 e. The Labute approximate surface area is 195 Å². The van der Waals surface area contributed by atoms with E-state index >= 15 is 0 Å². The molecule has 33 heavy (non-hydrogen) atoms. The fraction of sp³-hybridized carbons (Fsp3) is 0.400. The van der Waals surface area contributed by atoms with E-state index in [2.05, 4.69) is 15.8 Å². The molecule has 2 rings (SSSR count). The van der Waals surface area contributed by atoms with Crippen molar-refractivity contribution in [2.75, 3.05) is 20.8 Å². The average molecular weight is 456 g/mol. The number of amides is 2. The van der Waals surface area contributed by atoms with Gasteiger partial charge in [0.25, 0.3) is 11.8 Å². The van der Waals surface area contributed by atoms with Crippen molar-refractivity contribution in [2.45, 2.75) is 40.2 Å². The molecule has 1 atom stereocenters. The van der Waals surface area contributed by atoms with Crippen molar-refractivity contribution in [1.82, 2.24) is 10.7 Å². The van der Waals surface area contributed by atoms with Gasteiger partial charge in [-0.15, -0.1) is 0 Å². The lowest BCUT2D eigenvalue weighted by atomic mass is 10.0. The predicted octanol–water partition coefficient (Wildman–Crippen LogP) is 3.38. The van der Waals surface area contributed by atoms with Crippen molar-refractivity contribution in [1.29, 1.82) is 0 Å². The van der Waals surface area contributed by atoms with Crippen LogP contribution in [0.4, 0.5) is 0 Å². The van der Waals surface area contributed by atoms with E-state index in [0.29, 0.717) is 29.2 Å². The van der Waals surface area contributed by atoms with E-state index < -0.39 is 11.9 Å². The van der Waals surface area contributed by atoms with Crippen LogP contribution in [-0.2, 0) is 9.59 Å². The monoisotopic (exact) mass is 455 g/mol. The van der Waals surface area contributed by atoms with Gasteiger partial charge in [0.05, 0.1) is 20.4 Å². The molecule has 0 spiro atoms. The number of hydrogen-bond donors (Lipinski definition) is 2. The second-order valence-electron chi connectivity index (χ2n) is 8.10. The minimum absolute atomic E-state index is 0.181. The first-order chi connectivity index (χ1) is 15.7. The summed E-state index contributed by atoms with van der Waals surface area (Å²) in [5.74, 6) is 1.28. The number of carbonyl (C=O) groups is 2. The van der Waals surface area contributed by atoms with Crippen LogP contribution in [0, 0.1) is 19.8 Å². The number of nitrogens with zero attached hydrogens (tertiary/aromatic N) is 1. The number of carbonyl (C=O) groups excluding carboxylic acids is 2. The highest BCUT2D eigenvalue weighted by molar-refractivity contribution is 5.90. The molecule has 0 aliphatic carbocycles. The van der Waals surface area contributed by atoms with Crippen LogP contribution in [-0.4, -0.2) is 44.9 Å². The quantitative estimate of drug-likeness (QED) is 0.400. The molecule has 0 bridgehead atoms. The Kier molecular flexibility index (Phi) is 9.72. The summed E-state index contributed by atoms with van der Waals surface area (Å²) >= 11 is 0. The summed E-state index contributed by atoms with van der Waals surface area (Å²) in [6.07, 6.45) is 1.94. The molecule has 0 radical (unpaired) electrons. The number of ether oxygens (including phenoxy) is 3. The Morgan fingerprint density at radius 1 is 1.06 bits per heavy atom. The number of hydrazone groups is 1. The standard InChI is InChI=1S/C25H33N3O5/c1-16(2)12-21(27-23(29)15-33-24-17(3)8-7-9-18(24)4)25(30)28-26-14-19-10-11-20(31-5)13-22(19)32-6/h7-11,13-14,16,21H,12,15H2,1-6H3,(H,27,29)(H,28,30)/b26-14-/t21-/m1/s1. The van der Waals surface area contributed by atoms with Gasteiger partial charge >= 0.3 is 0 Å². The molecule has 0 unspecified atom stereocenters. The van der Waals surface area contributed by atoms with E-state index in [9.17, 15) is 9.59 Å². The predicted molar refractivity (Wildman–Crippen MR) is 128 cm³/mol. The van der Waals surface area contributed by atoms with Gasteiger partial charge in [0, 0.05) is 11.6 Å². The number of benzene rings is 2. The van der Waals surface area contributed by atoms with Crippen LogP contribution < -0.4 is 25.0 Å². The van der Waals surface area contributed by atoms with Crippen molar-refractivity contribution < 1.29 is 23.8 Å². The summed E-state index contributed by atoms with van der Waals surface area (Å²) in [6.45, 7) is 7.62. The van der Waals surface area contributed by atoms with E-state index in [1.54, 1.807) is 32.4 Å². The Bertz CT molecular complexity index is 968. The van der Waals surface area contributed by atoms with Crippen molar-refractivity contribution >= 4 is 18.0 Å². The molecule has 0 saturated carbocycles. The summed E-state index contributed by atoms with van der Waals surface area (Å²) in [7, 11) is 3.11. The molecule has 0 aliphatic heterocycles. The lowest BCUT2D eigenvalue weighted by molar-refractivity contribution is -0.130. The van der Waals surface area contributed by atoms with E-state index in [4.69, 9.17) is 14.2 Å². The van der Waals surface area contributed by atoms with E-state index in [-0.39, 0.29) is 18.4 Å². The first-order valence-electron chi connectivity index (χ1n) is 10.8. The Hall–Kier alpha value is -3.55. The topological polar surface area (TPSA) is 98.2 Å². The summed E-state index contributed by atoms with van der Waals surface area (Å²) < 4.78 is 16.2. The SMILES string of the molecule is COc1ccc(/C=N\NC(=O)[C@@H](CC(C)C)NC(=O)COc2c(C)cccc2C)c(OC)c1. The second-order valence-corrected chi connectivity index (χ2v) is 8.10. The number of aryl methyl sites for hydroxylation is 2. The molecule has 2 aromatic rings. The summed E-state index contributed by atoms with van der Waals surface area (Å²) in [6, 6.07) is 10.3. The van der Waals surface area contributed by atoms with Gasteiger partial charge in [-0.1, -0.05) is 32.0 Å². The van der Waals surface area contributed by atoms with Gasteiger partial charge in [-0.05, 0) is 49.4 Å². The van der Waals surface area contributed by atoms with Crippen LogP contribution in [0.5, 0.6) is 17.2 Å². The molecular formula is C25H33N3O5. The Morgan fingerprint density at radius 3 is 2.36 bits per heavy atom. The fourth-order valence-corrected chi connectivity index (χ4v) is 3.27. The molecule has 0 aromatic heterocycles. The molecular weight excluding hydrogens is 422 g/mol. The summed E-state index contributed by atoms with van der Waals surface area (Å²) in [5.41, 5.74) is 5.07. The maximum absolute atomic E-state index is 12.7. The molecule has 2 aromatic carbocycles. The lowest BCUT2D eigenvalue weighted by Gasteiger charge is -2.19. The normalized spacial score (nSPS) is 11.8. The maximum atomic E-state index is 12.7. The number of rotatable bonds is 11. The second kappa shape index (κ2) is 12.5. The Morgan fingerprint density at radius 2 is 1.76 bits per heavy atom. The first kappa shape index (κ1) is 25.7. The van der Waals surface area contributed by atoms with Crippen LogP contribution in [0.1, 0.15) is 37.0 Å². The van der Waals surface area contributed by atoms with Gasteiger partial charge in [0.1, 0.15) is 23.3 Å². The zero-order chi connectivity index (χ0) is 24.4. The van der Waals surface area contributed by atoms with Crippen molar-refractivity contribution in [3.8, 4) is 17.2 Å². The third-order valence-corrected chi connectivity index (χ3v) is 4.93. The van der Waals surface area contributed by atoms with Gasteiger partial charge in [-0.25, -0.2) is 5.43 Å². The minimum Gasteiger partial charge on any atom is -0.497 e. The van der Waals surface area contributed by atoms with Crippen molar-refractivity contribution in [3.63, 3.8) is 0 Å². The molecule has 0 fully saturated rings. The number of methoxy groups -OCH3 is 2. The Balaban J connectivity index is 2.00. The van der Waals surface area contributed by atoms with Gasteiger partial charge in [0.15, 0.2) is 6.61 Å². The van der Waals surface area contributed by atoms with E-state index in [1.165, 1.54) is 6.21 Å². The summed E-state index contributed by atoms with van der Waals surface area (Å²) in [5, 5.41) is 6.78. The zero-order valence-electron chi connectivity index (χ0n) is 20.1. The van der Waals surface area contributed by atoms with Crippen molar-refractivity contribution in [3.05, 3.63) is 53.1 Å².